The number of amides is 1. The van der Waals surface area contributed by atoms with Gasteiger partial charge in [-0.2, -0.15) is 0 Å². The lowest BCUT2D eigenvalue weighted by Gasteiger charge is -2.14. The molecule has 0 radical (unpaired) electrons. The van der Waals surface area contributed by atoms with Crippen molar-refractivity contribution in [3.8, 4) is 0 Å². The van der Waals surface area contributed by atoms with Crippen LogP contribution < -0.4 is 10.6 Å². The highest BCUT2D eigenvalue weighted by Gasteiger charge is 2.11. The third-order valence-electron chi connectivity index (χ3n) is 3.99. The van der Waals surface area contributed by atoms with E-state index in [0.717, 1.165) is 11.4 Å². The number of halogens is 1. The van der Waals surface area contributed by atoms with Crippen LogP contribution >= 0.6 is 0 Å². The Labute approximate surface area is 152 Å². The van der Waals surface area contributed by atoms with Crippen LogP contribution in [0.25, 0.3) is 0 Å². The van der Waals surface area contributed by atoms with Crippen LogP contribution in [0.1, 0.15) is 35.7 Å². The number of hydrogen-bond donors (Lipinski definition) is 2. The predicted octanol–water partition coefficient (Wildman–Crippen LogP) is 5.34. The summed E-state index contributed by atoms with van der Waals surface area (Å²) in [5, 5.41) is 5.94. The van der Waals surface area contributed by atoms with Crippen LogP contribution in [-0.2, 0) is 0 Å². The molecule has 1 aromatic heterocycles. The third-order valence-corrected chi connectivity index (χ3v) is 3.99. The maximum Gasteiger partial charge on any atom is 0.259 e. The fourth-order valence-corrected chi connectivity index (χ4v) is 2.64. The number of para-hydroxylation sites is 1. The van der Waals surface area contributed by atoms with Gasteiger partial charge >= 0.3 is 0 Å². The lowest BCUT2D eigenvalue weighted by Crippen LogP contribution is -2.14. The second-order valence-electron chi connectivity index (χ2n) is 6.23. The van der Waals surface area contributed by atoms with Gasteiger partial charge in [0.05, 0.1) is 17.4 Å². The second kappa shape index (κ2) is 7.78. The molecule has 0 atom stereocenters. The molecule has 0 unspecified atom stereocenters. The molecule has 0 aliphatic heterocycles. The van der Waals surface area contributed by atoms with Crippen LogP contribution in [0.3, 0.4) is 0 Å². The van der Waals surface area contributed by atoms with Crippen molar-refractivity contribution in [2.75, 3.05) is 10.6 Å². The van der Waals surface area contributed by atoms with Gasteiger partial charge in [0.2, 0.25) is 0 Å². The summed E-state index contributed by atoms with van der Waals surface area (Å²) >= 11 is 0. The molecule has 26 heavy (non-hydrogen) atoms. The first-order valence-corrected chi connectivity index (χ1v) is 8.42. The van der Waals surface area contributed by atoms with Crippen LogP contribution in [0, 0.1) is 5.82 Å². The zero-order valence-corrected chi connectivity index (χ0v) is 14.7. The SMILES string of the molecule is CC(C)c1ccccc1Nc1ccc(NC(=O)c2ccccc2F)nc1. The number of aromatic nitrogens is 1. The number of pyridine rings is 1. The molecule has 132 valence electrons. The van der Waals surface area contributed by atoms with Crippen molar-refractivity contribution in [1.29, 1.82) is 0 Å². The Bertz CT molecular complexity index is 907. The zero-order chi connectivity index (χ0) is 18.5. The van der Waals surface area contributed by atoms with Gasteiger partial charge in [-0.1, -0.05) is 44.2 Å². The number of nitrogens with zero attached hydrogens (tertiary/aromatic N) is 1. The summed E-state index contributed by atoms with van der Waals surface area (Å²) in [6.07, 6.45) is 1.63. The van der Waals surface area contributed by atoms with Gasteiger partial charge in [0.1, 0.15) is 11.6 Å². The molecule has 2 aromatic carbocycles. The van der Waals surface area contributed by atoms with Gasteiger partial charge in [0.15, 0.2) is 0 Å². The molecule has 0 saturated heterocycles. The first-order chi connectivity index (χ1) is 12.5. The van der Waals surface area contributed by atoms with E-state index in [-0.39, 0.29) is 5.56 Å². The van der Waals surface area contributed by atoms with Crippen LogP contribution in [0.5, 0.6) is 0 Å². The number of carbonyl (C=O) groups is 1. The standard InChI is InChI=1S/C21H20FN3O/c1-14(2)16-7-4-6-10-19(16)24-15-11-12-20(23-13-15)25-21(26)17-8-3-5-9-18(17)22/h3-14,24H,1-2H3,(H,23,25,26). The molecular formula is C21H20FN3O. The minimum atomic E-state index is -0.562. The summed E-state index contributed by atoms with van der Waals surface area (Å²) in [6, 6.07) is 17.4. The monoisotopic (exact) mass is 349 g/mol. The van der Waals surface area contributed by atoms with Crippen molar-refractivity contribution in [3.63, 3.8) is 0 Å². The van der Waals surface area contributed by atoms with E-state index in [9.17, 15) is 9.18 Å². The molecule has 4 nitrogen and oxygen atoms in total. The summed E-state index contributed by atoms with van der Waals surface area (Å²) in [5.74, 6) is -0.332. The number of nitrogens with one attached hydrogen (secondary N) is 2. The molecule has 0 aliphatic carbocycles. The number of hydrogen-bond acceptors (Lipinski definition) is 3. The van der Waals surface area contributed by atoms with Crippen LogP contribution in [0.2, 0.25) is 0 Å². The fourth-order valence-electron chi connectivity index (χ4n) is 2.64. The average molecular weight is 349 g/mol. The topological polar surface area (TPSA) is 54.0 Å². The van der Waals surface area contributed by atoms with Crippen LogP contribution in [0.4, 0.5) is 21.6 Å². The van der Waals surface area contributed by atoms with E-state index in [1.54, 1.807) is 24.4 Å². The molecule has 0 bridgehead atoms. The average Bonchev–Trinajstić information content (AvgIpc) is 2.64. The first kappa shape index (κ1) is 17.6. The van der Waals surface area contributed by atoms with Gasteiger partial charge in [-0.15, -0.1) is 0 Å². The molecular weight excluding hydrogens is 329 g/mol. The quantitative estimate of drug-likeness (QED) is 0.654. The molecule has 0 fully saturated rings. The van der Waals surface area contributed by atoms with Crippen molar-refractivity contribution in [1.82, 2.24) is 4.98 Å². The number of rotatable bonds is 5. The van der Waals surface area contributed by atoms with Gasteiger partial charge in [-0.3, -0.25) is 4.79 Å². The summed E-state index contributed by atoms with van der Waals surface area (Å²) in [6.45, 7) is 4.28. The Kier molecular flexibility index (Phi) is 5.27. The first-order valence-electron chi connectivity index (χ1n) is 8.42. The van der Waals surface area contributed by atoms with Crippen LogP contribution in [0.15, 0.2) is 66.9 Å². The Morgan fingerprint density at radius 1 is 1.00 bits per heavy atom. The van der Waals surface area contributed by atoms with Crippen molar-refractivity contribution in [2.24, 2.45) is 0 Å². The van der Waals surface area contributed by atoms with Crippen molar-refractivity contribution >= 4 is 23.1 Å². The van der Waals surface area contributed by atoms with Crippen molar-refractivity contribution in [3.05, 3.63) is 83.8 Å². The van der Waals surface area contributed by atoms with E-state index >= 15 is 0 Å². The van der Waals surface area contributed by atoms with Gasteiger partial charge in [-0.25, -0.2) is 9.37 Å². The van der Waals surface area contributed by atoms with E-state index in [1.807, 2.05) is 24.3 Å². The van der Waals surface area contributed by atoms with E-state index in [2.05, 4.69) is 35.5 Å². The third kappa shape index (κ3) is 4.06. The lowest BCUT2D eigenvalue weighted by atomic mass is 10.0. The molecule has 3 aromatic rings. The highest BCUT2D eigenvalue weighted by Crippen LogP contribution is 2.26. The Hall–Kier alpha value is -3.21. The summed E-state index contributed by atoms with van der Waals surface area (Å²) in [7, 11) is 0. The molecule has 0 aliphatic rings. The number of carbonyl (C=O) groups excluding carboxylic acids is 1. The molecule has 5 heteroatoms. The maximum atomic E-state index is 13.7. The van der Waals surface area contributed by atoms with E-state index in [1.165, 1.54) is 17.7 Å². The minimum Gasteiger partial charge on any atom is -0.354 e. The van der Waals surface area contributed by atoms with Crippen LogP contribution in [-0.4, -0.2) is 10.9 Å². The molecule has 1 amide bonds. The molecule has 3 rings (SSSR count). The van der Waals surface area contributed by atoms with Crippen molar-refractivity contribution < 1.29 is 9.18 Å². The van der Waals surface area contributed by atoms with Gasteiger partial charge in [0.25, 0.3) is 5.91 Å². The highest BCUT2D eigenvalue weighted by molar-refractivity contribution is 6.03. The fraction of sp³-hybridized carbons (Fsp3) is 0.143. The summed E-state index contributed by atoms with van der Waals surface area (Å²) < 4.78 is 13.7. The Morgan fingerprint density at radius 3 is 2.42 bits per heavy atom. The molecule has 2 N–H and O–H groups in total. The Morgan fingerprint density at radius 2 is 1.73 bits per heavy atom. The van der Waals surface area contributed by atoms with Gasteiger partial charge in [0, 0.05) is 5.69 Å². The molecule has 0 saturated carbocycles. The molecule has 0 spiro atoms. The smallest absolute Gasteiger partial charge is 0.259 e. The summed E-state index contributed by atoms with van der Waals surface area (Å²) in [4.78, 5) is 16.4. The van der Waals surface area contributed by atoms with E-state index in [0.29, 0.717) is 11.7 Å². The largest absolute Gasteiger partial charge is 0.354 e. The van der Waals surface area contributed by atoms with E-state index < -0.39 is 11.7 Å². The number of anilines is 3. The second-order valence-corrected chi connectivity index (χ2v) is 6.23. The normalized spacial score (nSPS) is 10.6. The van der Waals surface area contributed by atoms with Gasteiger partial charge < -0.3 is 10.6 Å². The van der Waals surface area contributed by atoms with E-state index in [4.69, 9.17) is 0 Å². The lowest BCUT2D eigenvalue weighted by molar-refractivity contribution is 0.102. The predicted molar refractivity (Wildman–Crippen MR) is 102 cm³/mol. The number of benzene rings is 2. The van der Waals surface area contributed by atoms with Crippen molar-refractivity contribution in [2.45, 2.75) is 19.8 Å². The van der Waals surface area contributed by atoms with Gasteiger partial charge in [-0.05, 0) is 41.8 Å². The molecule has 1 heterocycles. The zero-order valence-electron chi connectivity index (χ0n) is 14.7. The minimum absolute atomic E-state index is 0.0117. The summed E-state index contributed by atoms with van der Waals surface area (Å²) in [5.41, 5.74) is 3.03. The highest BCUT2D eigenvalue weighted by atomic mass is 19.1. The maximum absolute atomic E-state index is 13.7. The Balaban J connectivity index is 1.71.